The van der Waals surface area contributed by atoms with Crippen LogP contribution in [0.3, 0.4) is 0 Å². The second-order valence-electron chi connectivity index (χ2n) is 5.38. The van der Waals surface area contributed by atoms with Gasteiger partial charge in [-0.15, -0.1) is 0 Å². The van der Waals surface area contributed by atoms with E-state index in [0.29, 0.717) is 6.42 Å². The Morgan fingerprint density at radius 2 is 1.75 bits per heavy atom. The molecule has 0 aliphatic carbocycles. The number of aryl methyl sites for hydroxylation is 1. The Labute approximate surface area is 148 Å². The molecule has 0 fully saturated rings. The van der Waals surface area contributed by atoms with Gasteiger partial charge in [-0.2, -0.15) is 0 Å². The number of aromatic nitrogens is 2. The predicted octanol–water partition coefficient (Wildman–Crippen LogP) is 1.28. The average Bonchev–Trinajstić information content (AvgIpc) is 2.54. The van der Waals surface area contributed by atoms with Gasteiger partial charge in [0, 0.05) is 30.8 Å². The smallest absolute Gasteiger partial charge is 0.302 e. The average molecular weight is 416 g/mol. The molecule has 7 nitrogen and oxygen atoms in total. The highest BCUT2D eigenvalue weighted by molar-refractivity contribution is 9.10. The lowest BCUT2D eigenvalue weighted by Gasteiger charge is -2.18. The summed E-state index contributed by atoms with van der Waals surface area (Å²) in [6.45, 7) is 1.84. The Morgan fingerprint density at radius 3 is 2.29 bits per heavy atom. The molecule has 0 saturated heterocycles. The van der Waals surface area contributed by atoms with Crippen LogP contribution in [0.1, 0.15) is 24.9 Å². The molecule has 0 amide bonds. The highest BCUT2D eigenvalue weighted by Gasteiger charge is 2.25. The first-order valence-corrected chi connectivity index (χ1v) is 9.49. The van der Waals surface area contributed by atoms with Gasteiger partial charge in [0.1, 0.15) is 0 Å². The van der Waals surface area contributed by atoms with E-state index in [1.807, 2.05) is 19.1 Å². The number of halogens is 1. The first kappa shape index (κ1) is 18.6. The lowest BCUT2D eigenvalue weighted by molar-refractivity contribution is 0.543. The number of nitrogens with one attached hydrogen (secondary N) is 1. The van der Waals surface area contributed by atoms with Crippen LogP contribution in [0.2, 0.25) is 0 Å². The summed E-state index contributed by atoms with van der Waals surface area (Å²) in [6, 6.07) is 6.76. The molecule has 1 heterocycles. The molecule has 1 atom stereocenters. The number of hydrogen-bond acceptors (Lipinski definition) is 4. The molecular weight excluding hydrogens is 398 g/mol. The van der Waals surface area contributed by atoms with Crippen LogP contribution in [-0.4, -0.2) is 17.6 Å². The summed E-state index contributed by atoms with van der Waals surface area (Å²) in [6.07, 6.45) is 1.55. The van der Waals surface area contributed by atoms with Crippen molar-refractivity contribution in [3.8, 4) is 0 Å². The van der Waals surface area contributed by atoms with Gasteiger partial charge in [0.15, 0.2) is 4.90 Å². The molecule has 1 aromatic carbocycles. The third kappa shape index (κ3) is 3.68. The molecule has 0 spiro atoms. The quantitative estimate of drug-likeness (QED) is 0.795. The molecule has 0 saturated carbocycles. The second-order valence-corrected chi connectivity index (χ2v) is 7.98. The van der Waals surface area contributed by atoms with E-state index in [1.54, 1.807) is 12.1 Å². The minimum Gasteiger partial charge on any atom is -0.302 e. The van der Waals surface area contributed by atoms with Crippen LogP contribution >= 0.6 is 15.9 Å². The van der Waals surface area contributed by atoms with Crippen LogP contribution in [0.15, 0.2) is 49.4 Å². The van der Waals surface area contributed by atoms with Crippen LogP contribution in [0.4, 0.5) is 0 Å². The highest BCUT2D eigenvalue weighted by Crippen LogP contribution is 2.21. The molecule has 1 aromatic heterocycles. The summed E-state index contributed by atoms with van der Waals surface area (Å²) in [5, 5.41) is 0. The van der Waals surface area contributed by atoms with Gasteiger partial charge < -0.3 is 4.57 Å². The van der Waals surface area contributed by atoms with E-state index < -0.39 is 32.2 Å². The van der Waals surface area contributed by atoms with Crippen LogP contribution in [0.25, 0.3) is 0 Å². The molecule has 2 aromatic rings. The van der Waals surface area contributed by atoms with Crippen molar-refractivity contribution in [1.29, 1.82) is 0 Å². The fraction of sp³-hybridized carbons (Fsp3) is 0.333. The molecule has 0 aliphatic heterocycles. The van der Waals surface area contributed by atoms with Crippen LogP contribution < -0.4 is 16.0 Å². The van der Waals surface area contributed by atoms with E-state index in [1.165, 1.54) is 14.1 Å². The van der Waals surface area contributed by atoms with Crippen molar-refractivity contribution >= 4 is 26.0 Å². The zero-order chi connectivity index (χ0) is 18.1. The van der Waals surface area contributed by atoms with Gasteiger partial charge in [0.05, 0.1) is 0 Å². The standard InChI is InChI=1S/C15H18BrN3O4S/c1-4-12(10-5-7-11(16)8-6-10)17-24(22,23)13-9-18(2)15(21)19(3)14(13)20/h5-9,12,17H,4H2,1-3H3. The Kier molecular flexibility index (Phi) is 5.46. The van der Waals surface area contributed by atoms with Crippen molar-refractivity contribution in [2.45, 2.75) is 24.3 Å². The van der Waals surface area contributed by atoms with Gasteiger partial charge in [-0.25, -0.2) is 17.9 Å². The van der Waals surface area contributed by atoms with Crippen LogP contribution in [-0.2, 0) is 24.1 Å². The zero-order valence-corrected chi connectivity index (χ0v) is 15.9. The summed E-state index contributed by atoms with van der Waals surface area (Å²) in [5.74, 6) is 0. The van der Waals surface area contributed by atoms with Gasteiger partial charge in [0.2, 0.25) is 10.0 Å². The summed E-state index contributed by atoms with van der Waals surface area (Å²) in [5.41, 5.74) is -0.652. The van der Waals surface area contributed by atoms with E-state index in [0.717, 1.165) is 25.4 Å². The van der Waals surface area contributed by atoms with Gasteiger partial charge in [-0.05, 0) is 24.1 Å². The Bertz CT molecular complexity index is 962. The number of hydrogen-bond donors (Lipinski definition) is 1. The molecule has 1 unspecified atom stereocenters. The predicted molar refractivity (Wildman–Crippen MR) is 94.4 cm³/mol. The van der Waals surface area contributed by atoms with Gasteiger partial charge in [-0.1, -0.05) is 35.0 Å². The van der Waals surface area contributed by atoms with Crippen molar-refractivity contribution in [3.05, 3.63) is 61.3 Å². The van der Waals surface area contributed by atoms with Crippen molar-refractivity contribution in [2.24, 2.45) is 14.1 Å². The minimum absolute atomic E-state index is 0.456. The maximum Gasteiger partial charge on any atom is 0.330 e. The third-order valence-corrected chi connectivity index (χ3v) is 5.67. The van der Waals surface area contributed by atoms with Crippen LogP contribution in [0.5, 0.6) is 0 Å². The SMILES string of the molecule is CCC(NS(=O)(=O)c1cn(C)c(=O)n(C)c1=O)c1ccc(Br)cc1. The monoisotopic (exact) mass is 415 g/mol. The van der Waals surface area contributed by atoms with Crippen molar-refractivity contribution in [2.75, 3.05) is 0 Å². The van der Waals surface area contributed by atoms with E-state index in [2.05, 4.69) is 20.7 Å². The molecular formula is C15H18BrN3O4S. The minimum atomic E-state index is -4.08. The Hall–Kier alpha value is -1.71. The molecule has 2 rings (SSSR count). The van der Waals surface area contributed by atoms with E-state index in [-0.39, 0.29) is 0 Å². The fourth-order valence-corrected chi connectivity index (χ4v) is 4.02. The zero-order valence-electron chi connectivity index (χ0n) is 13.5. The van der Waals surface area contributed by atoms with Crippen molar-refractivity contribution in [3.63, 3.8) is 0 Å². The Morgan fingerprint density at radius 1 is 1.17 bits per heavy atom. The van der Waals surface area contributed by atoms with Crippen molar-refractivity contribution < 1.29 is 8.42 Å². The molecule has 0 aliphatic rings. The number of rotatable bonds is 5. The maximum atomic E-state index is 12.6. The van der Waals surface area contributed by atoms with Crippen molar-refractivity contribution in [1.82, 2.24) is 13.9 Å². The first-order valence-electron chi connectivity index (χ1n) is 7.22. The van der Waals surface area contributed by atoms with Gasteiger partial charge >= 0.3 is 5.69 Å². The molecule has 0 radical (unpaired) electrons. The van der Waals surface area contributed by atoms with E-state index in [9.17, 15) is 18.0 Å². The fourth-order valence-electron chi connectivity index (χ4n) is 2.29. The third-order valence-electron chi connectivity index (χ3n) is 3.68. The van der Waals surface area contributed by atoms with Crippen LogP contribution in [0, 0.1) is 0 Å². The summed E-state index contributed by atoms with van der Waals surface area (Å²) in [4.78, 5) is 23.4. The highest BCUT2D eigenvalue weighted by atomic mass is 79.9. The van der Waals surface area contributed by atoms with E-state index in [4.69, 9.17) is 0 Å². The molecule has 24 heavy (non-hydrogen) atoms. The summed E-state index contributed by atoms with van der Waals surface area (Å²) in [7, 11) is -1.44. The largest absolute Gasteiger partial charge is 0.330 e. The van der Waals surface area contributed by atoms with Gasteiger partial charge in [-0.3, -0.25) is 9.36 Å². The molecule has 1 N–H and O–H groups in total. The summed E-state index contributed by atoms with van der Waals surface area (Å²) >= 11 is 3.33. The molecule has 0 bridgehead atoms. The topological polar surface area (TPSA) is 90.2 Å². The van der Waals surface area contributed by atoms with Gasteiger partial charge in [0.25, 0.3) is 5.56 Å². The van der Waals surface area contributed by atoms with E-state index >= 15 is 0 Å². The number of sulfonamides is 1. The lowest BCUT2D eigenvalue weighted by atomic mass is 10.1. The number of benzene rings is 1. The summed E-state index contributed by atoms with van der Waals surface area (Å²) < 4.78 is 30.5. The maximum absolute atomic E-state index is 12.6. The first-order chi connectivity index (χ1) is 11.2. The number of nitrogens with zero attached hydrogens (tertiary/aromatic N) is 2. The normalized spacial score (nSPS) is 13.0. The Balaban J connectivity index is 2.46. The molecule has 130 valence electrons. The second kappa shape index (κ2) is 7.04. The lowest BCUT2D eigenvalue weighted by Crippen LogP contribution is -2.42. The molecule has 9 heteroatoms.